The van der Waals surface area contributed by atoms with Gasteiger partial charge in [0.2, 0.25) is 0 Å². The van der Waals surface area contributed by atoms with E-state index in [9.17, 15) is 10.1 Å². The summed E-state index contributed by atoms with van der Waals surface area (Å²) in [7, 11) is 0. The van der Waals surface area contributed by atoms with E-state index in [1.807, 2.05) is 13.0 Å². The van der Waals surface area contributed by atoms with E-state index in [1.54, 1.807) is 12.1 Å². The third-order valence-corrected chi connectivity index (χ3v) is 2.65. The molecule has 0 spiro atoms. The average Bonchev–Trinajstić information content (AvgIpc) is 2.69. The van der Waals surface area contributed by atoms with Crippen molar-refractivity contribution in [2.45, 2.75) is 25.8 Å². The molecule has 0 bridgehead atoms. The van der Waals surface area contributed by atoms with Crippen molar-refractivity contribution in [2.75, 3.05) is 5.32 Å². The van der Waals surface area contributed by atoms with Gasteiger partial charge < -0.3 is 5.32 Å². The molecular formula is C12H14N2O2. The highest BCUT2D eigenvalue weighted by Crippen LogP contribution is 2.23. The van der Waals surface area contributed by atoms with Crippen LogP contribution in [-0.2, 0) is 0 Å². The normalized spacial score (nSPS) is 15.3. The summed E-state index contributed by atoms with van der Waals surface area (Å²) in [5.74, 6) is 0. The van der Waals surface area contributed by atoms with Gasteiger partial charge in [-0.25, -0.2) is 0 Å². The molecule has 0 amide bonds. The van der Waals surface area contributed by atoms with Crippen LogP contribution in [0.4, 0.5) is 11.4 Å². The smallest absolute Gasteiger partial charge is 0.271 e. The van der Waals surface area contributed by atoms with E-state index in [2.05, 4.69) is 17.5 Å². The van der Waals surface area contributed by atoms with Crippen LogP contribution in [0.1, 0.15) is 18.4 Å². The lowest BCUT2D eigenvalue weighted by Crippen LogP contribution is -2.15. The summed E-state index contributed by atoms with van der Waals surface area (Å²) < 4.78 is 0. The molecule has 1 aliphatic carbocycles. The predicted molar refractivity (Wildman–Crippen MR) is 63.6 cm³/mol. The maximum atomic E-state index is 10.7. The molecule has 0 unspecified atom stereocenters. The molecule has 4 heteroatoms. The van der Waals surface area contributed by atoms with Gasteiger partial charge in [0.15, 0.2) is 0 Å². The molecule has 0 saturated heterocycles. The van der Waals surface area contributed by atoms with Crippen LogP contribution in [0.5, 0.6) is 0 Å². The number of nitro groups is 1. The number of rotatable bonds is 3. The van der Waals surface area contributed by atoms with Gasteiger partial charge in [-0.15, -0.1) is 0 Å². The van der Waals surface area contributed by atoms with Gasteiger partial charge in [-0.2, -0.15) is 0 Å². The van der Waals surface area contributed by atoms with Crippen molar-refractivity contribution in [3.63, 3.8) is 0 Å². The Labute approximate surface area is 94.1 Å². The van der Waals surface area contributed by atoms with E-state index < -0.39 is 0 Å². The molecule has 1 aromatic rings. The third-order valence-electron chi connectivity index (χ3n) is 2.65. The zero-order chi connectivity index (χ0) is 11.5. The highest BCUT2D eigenvalue weighted by atomic mass is 16.6. The zero-order valence-corrected chi connectivity index (χ0v) is 9.14. The Kier molecular flexibility index (Phi) is 2.90. The minimum atomic E-state index is -0.356. The first-order valence-electron chi connectivity index (χ1n) is 5.33. The second kappa shape index (κ2) is 4.35. The zero-order valence-electron chi connectivity index (χ0n) is 9.14. The van der Waals surface area contributed by atoms with Crippen molar-refractivity contribution in [3.05, 3.63) is 46.0 Å². The minimum Gasteiger partial charge on any atom is -0.381 e. The lowest BCUT2D eigenvalue weighted by Gasteiger charge is -2.13. The van der Waals surface area contributed by atoms with Crippen molar-refractivity contribution in [2.24, 2.45) is 0 Å². The fourth-order valence-electron chi connectivity index (χ4n) is 1.92. The summed E-state index contributed by atoms with van der Waals surface area (Å²) >= 11 is 0. The molecule has 1 aromatic carbocycles. The second-order valence-electron chi connectivity index (χ2n) is 4.10. The van der Waals surface area contributed by atoms with E-state index in [0.717, 1.165) is 24.1 Å². The van der Waals surface area contributed by atoms with Crippen LogP contribution in [0.3, 0.4) is 0 Å². The molecule has 84 valence electrons. The molecule has 1 N–H and O–H groups in total. The van der Waals surface area contributed by atoms with Gasteiger partial charge in [0, 0.05) is 23.9 Å². The van der Waals surface area contributed by atoms with E-state index in [4.69, 9.17) is 0 Å². The summed E-state index contributed by atoms with van der Waals surface area (Å²) in [4.78, 5) is 10.4. The van der Waals surface area contributed by atoms with E-state index in [0.29, 0.717) is 6.04 Å². The number of aryl methyl sites for hydroxylation is 1. The Balaban J connectivity index is 2.16. The van der Waals surface area contributed by atoms with Gasteiger partial charge in [0.25, 0.3) is 5.69 Å². The standard InChI is InChI=1S/C12H14N2O2/c1-9-6-11(8-12(7-9)14(15)16)13-10-4-2-3-5-10/h2-3,6-8,10,13H,4-5H2,1H3. The maximum absolute atomic E-state index is 10.7. The SMILES string of the molecule is Cc1cc(NC2CC=CC2)cc([N+](=O)[O-])c1. The fraction of sp³-hybridized carbons (Fsp3) is 0.333. The summed E-state index contributed by atoms with van der Waals surface area (Å²) in [6, 6.07) is 5.48. The number of non-ortho nitro benzene ring substituents is 1. The number of hydrogen-bond acceptors (Lipinski definition) is 3. The minimum absolute atomic E-state index is 0.147. The summed E-state index contributed by atoms with van der Waals surface area (Å²) in [6.45, 7) is 1.87. The molecule has 0 aromatic heterocycles. The monoisotopic (exact) mass is 218 g/mol. The number of nitro benzene ring substituents is 1. The van der Waals surface area contributed by atoms with Crippen molar-refractivity contribution in [1.29, 1.82) is 0 Å². The molecule has 0 radical (unpaired) electrons. The average molecular weight is 218 g/mol. The van der Waals surface area contributed by atoms with Gasteiger partial charge in [0.05, 0.1) is 4.92 Å². The van der Waals surface area contributed by atoms with Crippen LogP contribution >= 0.6 is 0 Å². The largest absolute Gasteiger partial charge is 0.381 e. The number of benzene rings is 1. The molecule has 16 heavy (non-hydrogen) atoms. The Hall–Kier alpha value is -1.84. The van der Waals surface area contributed by atoms with E-state index in [-0.39, 0.29) is 10.6 Å². The molecule has 2 rings (SSSR count). The van der Waals surface area contributed by atoms with Crippen LogP contribution in [0.25, 0.3) is 0 Å². The van der Waals surface area contributed by atoms with Crippen LogP contribution < -0.4 is 5.32 Å². The van der Waals surface area contributed by atoms with Crippen LogP contribution in [-0.4, -0.2) is 11.0 Å². The first kappa shape index (κ1) is 10.7. The molecule has 1 aliphatic rings. The Morgan fingerprint density at radius 1 is 1.31 bits per heavy atom. The number of nitrogens with zero attached hydrogens (tertiary/aromatic N) is 1. The fourth-order valence-corrected chi connectivity index (χ4v) is 1.92. The van der Waals surface area contributed by atoms with Gasteiger partial charge in [0.1, 0.15) is 0 Å². The molecule has 0 atom stereocenters. The van der Waals surface area contributed by atoms with E-state index >= 15 is 0 Å². The second-order valence-corrected chi connectivity index (χ2v) is 4.10. The van der Waals surface area contributed by atoms with Crippen LogP contribution in [0, 0.1) is 17.0 Å². The number of nitrogens with one attached hydrogen (secondary N) is 1. The first-order valence-corrected chi connectivity index (χ1v) is 5.33. The van der Waals surface area contributed by atoms with Gasteiger partial charge >= 0.3 is 0 Å². The first-order chi connectivity index (χ1) is 7.65. The Morgan fingerprint density at radius 3 is 2.62 bits per heavy atom. The summed E-state index contributed by atoms with van der Waals surface area (Å²) in [6.07, 6.45) is 6.23. The summed E-state index contributed by atoms with van der Waals surface area (Å²) in [5, 5.41) is 14.0. The highest BCUT2D eigenvalue weighted by Gasteiger charge is 2.12. The predicted octanol–water partition coefficient (Wildman–Crippen LogP) is 3.03. The lowest BCUT2D eigenvalue weighted by molar-refractivity contribution is -0.384. The third kappa shape index (κ3) is 2.39. The molecule has 0 fully saturated rings. The summed E-state index contributed by atoms with van der Waals surface area (Å²) in [5.41, 5.74) is 1.89. The maximum Gasteiger partial charge on any atom is 0.271 e. The van der Waals surface area contributed by atoms with Crippen molar-refractivity contribution in [3.8, 4) is 0 Å². The molecular weight excluding hydrogens is 204 g/mol. The Bertz CT molecular complexity index is 433. The van der Waals surface area contributed by atoms with Gasteiger partial charge in [-0.05, 0) is 31.4 Å². The lowest BCUT2D eigenvalue weighted by atomic mass is 10.1. The molecule has 4 nitrogen and oxygen atoms in total. The van der Waals surface area contributed by atoms with Crippen LogP contribution in [0.15, 0.2) is 30.4 Å². The van der Waals surface area contributed by atoms with Crippen molar-refractivity contribution in [1.82, 2.24) is 0 Å². The quantitative estimate of drug-likeness (QED) is 0.482. The molecule has 0 heterocycles. The topological polar surface area (TPSA) is 55.2 Å². The molecule has 0 aliphatic heterocycles. The Morgan fingerprint density at radius 2 is 2.00 bits per heavy atom. The van der Waals surface area contributed by atoms with Crippen LogP contribution in [0.2, 0.25) is 0 Å². The van der Waals surface area contributed by atoms with Gasteiger partial charge in [-0.3, -0.25) is 10.1 Å². The van der Waals surface area contributed by atoms with Gasteiger partial charge in [-0.1, -0.05) is 12.2 Å². The number of hydrogen-bond donors (Lipinski definition) is 1. The van der Waals surface area contributed by atoms with E-state index in [1.165, 1.54) is 0 Å². The molecule has 0 saturated carbocycles. The van der Waals surface area contributed by atoms with Crippen molar-refractivity contribution < 1.29 is 4.92 Å². The van der Waals surface area contributed by atoms with Crippen molar-refractivity contribution >= 4 is 11.4 Å². The number of anilines is 1. The highest BCUT2D eigenvalue weighted by molar-refractivity contribution is 5.54.